The van der Waals surface area contributed by atoms with Gasteiger partial charge >= 0.3 is 0 Å². The molecular weight excluding hydrogens is 272 g/mol. The van der Waals surface area contributed by atoms with Gasteiger partial charge in [0.1, 0.15) is 0 Å². The van der Waals surface area contributed by atoms with Crippen molar-refractivity contribution in [2.24, 2.45) is 0 Å². The Balaban J connectivity index is 4.00. The number of hydrogen-bond donors (Lipinski definition) is 0. The van der Waals surface area contributed by atoms with E-state index in [0.717, 1.165) is 25.9 Å². The molecule has 21 heavy (non-hydrogen) atoms. The van der Waals surface area contributed by atoms with Crippen LogP contribution in [0.15, 0.2) is 0 Å². The van der Waals surface area contributed by atoms with E-state index in [-0.39, 0.29) is 11.2 Å². The van der Waals surface area contributed by atoms with Gasteiger partial charge in [0.2, 0.25) is 6.29 Å². The number of rotatable bonds is 11. The third kappa shape index (κ3) is 16.0. The standard InChI is InChI=1S/C16H34O5/c1-8-9-12-17-13-10-11-14(18-20-15(2,3)4)19-21-16(5,6)7/h14H,8-13H2,1-7H3. The van der Waals surface area contributed by atoms with Crippen LogP contribution in [0.1, 0.15) is 74.1 Å². The summed E-state index contributed by atoms with van der Waals surface area (Å²) >= 11 is 0. The van der Waals surface area contributed by atoms with E-state index in [1.54, 1.807) is 0 Å². The van der Waals surface area contributed by atoms with Crippen molar-refractivity contribution in [1.82, 2.24) is 0 Å². The lowest BCUT2D eigenvalue weighted by Gasteiger charge is -2.25. The van der Waals surface area contributed by atoms with Crippen LogP contribution in [0.2, 0.25) is 0 Å². The minimum atomic E-state index is -0.557. The van der Waals surface area contributed by atoms with Gasteiger partial charge in [-0.05, 0) is 54.4 Å². The average Bonchev–Trinajstić information content (AvgIpc) is 2.33. The van der Waals surface area contributed by atoms with E-state index >= 15 is 0 Å². The summed E-state index contributed by atoms with van der Waals surface area (Å²) in [6, 6.07) is 0. The van der Waals surface area contributed by atoms with E-state index in [2.05, 4.69) is 6.92 Å². The summed E-state index contributed by atoms with van der Waals surface area (Å²) in [6.07, 6.45) is 3.16. The molecule has 0 rings (SSSR count). The summed E-state index contributed by atoms with van der Waals surface area (Å²) in [5.74, 6) is 0. The maximum absolute atomic E-state index is 5.52. The van der Waals surface area contributed by atoms with Crippen molar-refractivity contribution >= 4 is 0 Å². The highest BCUT2D eigenvalue weighted by molar-refractivity contribution is 4.56. The van der Waals surface area contributed by atoms with Crippen LogP contribution < -0.4 is 0 Å². The average molecular weight is 306 g/mol. The first kappa shape index (κ1) is 20.8. The molecule has 0 unspecified atom stereocenters. The first-order valence-electron chi connectivity index (χ1n) is 7.91. The lowest BCUT2D eigenvalue weighted by atomic mass is 10.2. The molecule has 0 aromatic carbocycles. The van der Waals surface area contributed by atoms with Crippen molar-refractivity contribution in [2.75, 3.05) is 13.2 Å². The summed E-state index contributed by atoms with van der Waals surface area (Å²) in [4.78, 5) is 21.3. The Hall–Kier alpha value is -0.200. The Morgan fingerprint density at radius 1 is 0.762 bits per heavy atom. The first-order valence-corrected chi connectivity index (χ1v) is 7.91. The molecule has 0 heterocycles. The lowest BCUT2D eigenvalue weighted by Crippen LogP contribution is -2.29. The van der Waals surface area contributed by atoms with Gasteiger partial charge in [-0.15, -0.1) is 0 Å². The SMILES string of the molecule is CCCCOCCCC(OOC(C)(C)C)OOC(C)(C)C. The molecular formula is C16H34O5. The van der Waals surface area contributed by atoms with Crippen molar-refractivity contribution in [2.45, 2.75) is 91.6 Å². The minimum absolute atomic E-state index is 0.388. The Labute approximate surface area is 130 Å². The van der Waals surface area contributed by atoms with Gasteiger partial charge in [0.15, 0.2) is 0 Å². The molecule has 0 bridgehead atoms. The summed E-state index contributed by atoms with van der Waals surface area (Å²) < 4.78 is 5.52. The van der Waals surface area contributed by atoms with Gasteiger partial charge in [0, 0.05) is 19.6 Å². The van der Waals surface area contributed by atoms with Crippen molar-refractivity contribution in [3.05, 3.63) is 0 Å². The Kier molecular flexibility index (Phi) is 10.4. The molecule has 5 nitrogen and oxygen atoms in total. The summed E-state index contributed by atoms with van der Waals surface area (Å²) in [6.45, 7) is 15.2. The molecule has 0 N–H and O–H groups in total. The van der Waals surface area contributed by atoms with Crippen LogP contribution in [0.25, 0.3) is 0 Å². The largest absolute Gasteiger partial charge is 0.381 e. The van der Waals surface area contributed by atoms with Crippen LogP contribution in [-0.2, 0) is 24.3 Å². The molecule has 0 aliphatic carbocycles. The van der Waals surface area contributed by atoms with E-state index in [9.17, 15) is 0 Å². The van der Waals surface area contributed by atoms with Gasteiger partial charge in [0.05, 0.1) is 11.2 Å². The van der Waals surface area contributed by atoms with Crippen LogP contribution in [0.4, 0.5) is 0 Å². The molecule has 128 valence electrons. The van der Waals surface area contributed by atoms with Crippen molar-refractivity contribution < 1.29 is 24.3 Å². The summed E-state index contributed by atoms with van der Waals surface area (Å²) in [5.41, 5.74) is -0.776. The highest BCUT2D eigenvalue weighted by Gasteiger charge is 2.21. The molecule has 0 aromatic rings. The molecule has 0 amide bonds. The van der Waals surface area contributed by atoms with Gasteiger partial charge in [-0.3, -0.25) is 0 Å². The molecule has 0 fully saturated rings. The van der Waals surface area contributed by atoms with Gasteiger partial charge in [-0.1, -0.05) is 13.3 Å². The second-order valence-electron chi connectivity index (χ2n) is 7.12. The zero-order valence-corrected chi connectivity index (χ0v) is 14.9. The first-order chi connectivity index (χ1) is 9.64. The van der Waals surface area contributed by atoms with Crippen LogP contribution in [0.5, 0.6) is 0 Å². The molecule has 0 aliphatic heterocycles. The van der Waals surface area contributed by atoms with E-state index < -0.39 is 6.29 Å². The minimum Gasteiger partial charge on any atom is -0.381 e. The summed E-state index contributed by atoms with van der Waals surface area (Å²) in [5, 5.41) is 0. The lowest BCUT2D eigenvalue weighted by molar-refractivity contribution is -0.498. The number of ether oxygens (including phenoxy) is 1. The second kappa shape index (κ2) is 10.5. The molecule has 0 atom stereocenters. The van der Waals surface area contributed by atoms with Crippen LogP contribution >= 0.6 is 0 Å². The maximum atomic E-state index is 5.52. The van der Waals surface area contributed by atoms with Gasteiger partial charge in [-0.25, -0.2) is 19.6 Å². The smallest absolute Gasteiger partial charge is 0.224 e. The molecule has 0 radical (unpaired) electrons. The fourth-order valence-corrected chi connectivity index (χ4v) is 1.21. The van der Waals surface area contributed by atoms with Gasteiger partial charge < -0.3 is 4.74 Å². The molecule has 0 saturated heterocycles. The maximum Gasteiger partial charge on any atom is 0.224 e. The zero-order chi connectivity index (χ0) is 16.4. The Morgan fingerprint density at radius 2 is 1.24 bits per heavy atom. The quantitative estimate of drug-likeness (QED) is 0.245. The molecule has 0 spiro atoms. The summed E-state index contributed by atoms with van der Waals surface area (Å²) in [7, 11) is 0. The van der Waals surface area contributed by atoms with E-state index in [0.29, 0.717) is 13.0 Å². The zero-order valence-electron chi connectivity index (χ0n) is 14.9. The van der Waals surface area contributed by atoms with Crippen LogP contribution in [0, 0.1) is 0 Å². The molecule has 0 saturated carbocycles. The van der Waals surface area contributed by atoms with Crippen LogP contribution in [0.3, 0.4) is 0 Å². The highest BCUT2D eigenvalue weighted by Crippen LogP contribution is 2.16. The number of unbranched alkanes of at least 4 members (excludes halogenated alkanes) is 1. The van der Waals surface area contributed by atoms with E-state index in [1.165, 1.54) is 0 Å². The molecule has 0 aliphatic rings. The molecule has 5 heteroatoms. The van der Waals surface area contributed by atoms with Crippen molar-refractivity contribution in [1.29, 1.82) is 0 Å². The van der Waals surface area contributed by atoms with E-state index in [1.807, 2.05) is 41.5 Å². The van der Waals surface area contributed by atoms with Gasteiger partial charge in [-0.2, -0.15) is 0 Å². The predicted molar refractivity (Wildman–Crippen MR) is 82.6 cm³/mol. The third-order valence-corrected chi connectivity index (χ3v) is 2.18. The topological polar surface area (TPSA) is 46.2 Å². The van der Waals surface area contributed by atoms with Crippen molar-refractivity contribution in [3.8, 4) is 0 Å². The predicted octanol–water partition coefficient (Wildman–Crippen LogP) is 4.40. The normalized spacial score (nSPS) is 13.1. The fourth-order valence-electron chi connectivity index (χ4n) is 1.21. The second-order valence-corrected chi connectivity index (χ2v) is 7.12. The monoisotopic (exact) mass is 306 g/mol. The van der Waals surface area contributed by atoms with Gasteiger partial charge in [0.25, 0.3) is 0 Å². The highest BCUT2D eigenvalue weighted by atomic mass is 17.3. The van der Waals surface area contributed by atoms with Crippen LogP contribution in [-0.4, -0.2) is 30.7 Å². The Morgan fingerprint density at radius 3 is 1.67 bits per heavy atom. The molecule has 0 aromatic heterocycles. The van der Waals surface area contributed by atoms with Crippen molar-refractivity contribution in [3.63, 3.8) is 0 Å². The van der Waals surface area contributed by atoms with E-state index in [4.69, 9.17) is 24.3 Å². The fraction of sp³-hybridized carbons (Fsp3) is 1.00. The third-order valence-electron chi connectivity index (χ3n) is 2.18. The number of hydrogen-bond acceptors (Lipinski definition) is 5. The Bertz CT molecular complexity index is 224.